The highest BCUT2D eigenvalue weighted by atomic mass is 19.1. The fraction of sp³-hybridized carbons (Fsp3) is 0.417. The molecule has 16 heavy (non-hydrogen) atoms. The predicted octanol–water partition coefficient (Wildman–Crippen LogP) is 2.85. The second-order valence-electron chi connectivity index (χ2n) is 3.48. The van der Waals surface area contributed by atoms with E-state index in [1.54, 1.807) is 18.2 Å². The van der Waals surface area contributed by atoms with Gasteiger partial charge in [0.1, 0.15) is 0 Å². The minimum Gasteiger partial charge on any atom is -0.491 e. The van der Waals surface area contributed by atoms with Gasteiger partial charge in [0.15, 0.2) is 11.6 Å². The summed E-state index contributed by atoms with van der Waals surface area (Å²) >= 11 is 0. The zero-order chi connectivity index (χ0) is 11.8. The number of carboxylic acids is 1. The molecule has 3 nitrogen and oxygen atoms in total. The van der Waals surface area contributed by atoms with Gasteiger partial charge in [0.05, 0.1) is 6.61 Å². The van der Waals surface area contributed by atoms with Gasteiger partial charge in [-0.25, -0.2) is 4.39 Å². The molecule has 0 unspecified atom stereocenters. The molecule has 1 N–H and O–H groups in total. The molecule has 0 amide bonds. The predicted molar refractivity (Wildman–Crippen MR) is 58.0 cm³/mol. The average molecular weight is 226 g/mol. The Labute approximate surface area is 93.9 Å². The van der Waals surface area contributed by atoms with Crippen LogP contribution in [0.25, 0.3) is 0 Å². The van der Waals surface area contributed by atoms with Gasteiger partial charge >= 0.3 is 5.97 Å². The molecule has 1 aromatic carbocycles. The maximum absolute atomic E-state index is 13.1. The van der Waals surface area contributed by atoms with Crippen LogP contribution in [0.15, 0.2) is 24.3 Å². The first-order valence-electron chi connectivity index (χ1n) is 5.29. The van der Waals surface area contributed by atoms with Crippen LogP contribution >= 0.6 is 0 Å². The van der Waals surface area contributed by atoms with Crippen LogP contribution in [0.5, 0.6) is 5.75 Å². The van der Waals surface area contributed by atoms with E-state index in [0.29, 0.717) is 13.0 Å². The Morgan fingerprint density at radius 3 is 2.69 bits per heavy atom. The number of aliphatic carboxylic acids is 1. The number of carbonyl (C=O) groups is 1. The number of rotatable bonds is 7. The second kappa shape index (κ2) is 6.82. The number of halogens is 1. The summed E-state index contributed by atoms with van der Waals surface area (Å²) in [5.74, 6) is -0.899. The zero-order valence-electron chi connectivity index (χ0n) is 8.99. The van der Waals surface area contributed by atoms with Crippen molar-refractivity contribution >= 4 is 5.97 Å². The lowest BCUT2D eigenvalue weighted by atomic mass is 10.2. The van der Waals surface area contributed by atoms with Gasteiger partial charge in [-0.2, -0.15) is 0 Å². The van der Waals surface area contributed by atoms with Crippen molar-refractivity contribution in [3.05, 3.63) is 30.1 Å². The first-order chi connectivity index (χ1) is 7.70. The lowest BCUT2D eigenvalue weighted by Gasteiger charge is -2.06. The summed E-state index contributed by atoms with van der Waals surface area (Å²) < 4.78 is 18.3. The Hall–Kier alpha value is -1.58. The molecular formula is C12H15FO3. The van der Waals surface area contributed by atoms with E-state index in [1.807, 2.05) is 0 Å². The summed E-state index contributed by atoms with van der Waals surface area (Å²) in [6.07, 6.45) is 2.33. The highest BCUT2D eigenvalue weighted by Gasteiger charge is 2.01. The largest absolute Gasteiger partial charge is 0.491 e. The summed E-state index contributed by atoms with van der Waals surface area (Å²) in [7, 11) is 0. The number of hydrogen-bond acceptors (Lipinski definition) is 2. The Morgan fingerprint density at radius 2 is 2.00 bits per heavy atom. The van der Waals surface area contributed by atoms with E-state index < -0.39 is 5.97 Å². The van der Waals surface area contributed by atoms with Crippen molar-refractivity contribution < 1.29 is 19.0 Å². The smallest absolute Gasteiger partial charge is 0.303 e. The summed E-state index contributed by atoms with van der Waals surface area (Å²) in [6, 6.07) is 6.24. The Balaban J connectivity index is 2.12. The van der Waals surface area contributed by atoms with Crippen molar-refractivity contribution in [3.8, 4) is 5.75 Å². The Bertz CT molecular complexity index is 339. The van der Waals surface area contributed by atoms with Gasteiger partial charge in [0, 0.05) is 6.42 Å². The molecular weight excluding hydrogens is 211 g/mol. The van der Waals surface area contributed by atoms with Gasteiger partial charge < -0.3 is 9.84 Å². The van der Waals surface area contributed by atoms with Crippen molar-refractivity contribution in [2.24, 2.45) is 0 Å². The highest BCUT2D eigenvalue weighted by Crippen LogP contribution is 2.15. The summed E-state index contributed by atoms with van der Waals surface area (Å²) in [5, 5.41) is 8.40. The van der Waals surface area contributed by atoms with Crippen LogP contribution in [-0.2, 0) is 4.79 Å². The lowest BCUT2D eigenvalue weighted by molar-refractivity contribution is -0.137. The van der Waals surface area contributed by atoms with Gasteiger partial charge in [-0.05, 0) is 31.4 Å². The summed E-state index contributed by atoms with van der Waals surface area (Å²) in [5.41, 5.74) is 0. The van der Waals surface area contributed by atoms with Crippen LogP contribution in [0.1, 0.15) is 25.7 Å². The third-order valence-corrected chi connectivity index (χ3v) is 2.13. The normalized spacial score (nSPS) is 10.1. The lowest BCUT2D eigenvalue weighted by Crippen LogP contribution is -2.00. The molecule has 0 saturated carbocycles. The van der Waals surface area contributed by atoms with Gasteiger partial charge in [-0.3, -0.25) is 4.79 Å². The van der Waals surface area contributed by atoms with Crippen molar-refractivity contribution in [1.82, 2.24) is 0 Å². The van der Waals surface area contributed by atoms with Crippen molar-refractivity contribution in [3.63, 3.8) is 0 Å². The first kappa shape index (κ1) is 12.5. The Morgan fingerprint density at radius 1 is 1.25 bits per heavy atom. The molecule has 0 aliphatic heterocycles. The van der Waals surface area contributed by atoms with Gasteiger partial charge in [-0.1, -0.05) is 12.1 Å². The molecule has 0 radical (unpaired) electrons. The Kier molecular flexibility index (Phi) is 5.32. The summed E-state index contributed by atoms with van der Waals surface area (Å²) in [4.78, 5) is 10.2. The SMILES string of the molecule is O=C(O)CCCCCOc1ccccc1F. The van der Waals surface area contributed by atoms with Crippen LogP contribution in [0, 0.1) is 5.82 Å². The van der Waals surface area contributed by atoms with E-state index in [9.17, 15) is 9.18 Å². The van der Waals surface area contributed by atoms with Crippen LogP contribution in [0.4, 0.5) is 4.39 Å². The van der Waals surface area contributed by atoms with Crippen molar-refractivity contribution in [1.29, 1.82) is 0 Å². The van der Waals surface area contributed by atoms with E-state index in [0.717, 1.165) is 12.8 Å². The molecule has 0 atom stereocenters. The average Bonchev–Trinajstić information content (AvgIpc) is 2.25. The molecule has 88 valence electrons. The fourth-order valence-electron chi connectivity index (χ4n) is 1.30. The van der Waals surface area contributed by atoms with E-state index >= 15 is 0 Å². The number of hydrogen-bond donors (Lipinski definition) is 1. The monoisotopic (exact) mass is 226 g/mol. The molecule has 1 rings (SSSR count). The standard InChI is InChI=1S/C12H15FO3/c13-10-6-3-4-7-11(10)16-9-5-1-2-8-12(14)15/h3-4,6-7H,1-2,5,8-9H2,(H,14,15). The van der Waals surface area contributed by atoms with Crippen LogP contribution in [-0.4, -0.2) is 17.7 Å². The number of benzene rings is 1. The molecule has 0 aliphatic carbocycles. The molecule has 4 heteroatoms. The second-order valence-corrected chi connectivity index (χ2v) is 3.48. The number of ether oxygens (including phenoxy) is 1. The van der Waals surface area contributed by atoms with Crippen LogP contribution < -0.4 is 4.74 Å². The van der Waals surface area contributed by atoms with Gasteiger partial charge in [0.2, 0.25) is 0 Å². The molecule has 0 fully saturated rings. The minimum absolute atomic E-state index is 0.180. The molecule has 0 spiro atoms. The number of para-hydroxylation sites is 1. The topological polar surface area (TPSA) is 46.5 Å². The molecule has 0 saturated heterocycles. The molecule has 0 aliphatic rings. The first-order valence-corrected chi connectivity index (χ1v) is 5.29. The van der Waals surface area contributed by atoms with Crippen molar-refractivity contribution in [2.75, 3.05) is 6.61 Å². The molecule has 0 aromatic heterocycles. The van der Waals surface area contributed by atoms with E-state index in [-0.39, 0.29) is 18.0 Å². The molecule has 1 aromatic rings. The van der Waals surface area contributed by atoms with Crippen LogP contribution in [0.2, 0.25) is 0 Å². The van der Waals surface area contributed by atoms with Gasteiger partial charge in [-0.15, -0.1) is 0 Å². The fourth-order valence-corrected chi connectivity index (χ4v) is 1.30. The maximum Gasteiger partial charge on any atom is 0.303 e. The highest BCUT2D eigenvalue weighted by molar-refractivity contribution is 5.66. The number of carboxylic acid groups (broad SMARTS) is 1. The quantitative estimate of drug-likeness (QED) is 0.727. The van der Waals surface area contributed by atoms with E-state index in [1.165, 1.54) is 6.07 Å². The summed E-state index contributed by atoms with van der Waals surface area (Å²) in [6.45, 7) is 0.417. The third-order valence-electron chi connectivity index (χ3n) is 2.13. The van der Waals surface area contributed by atoms with E-state index in [2.05, 4.69) is 0 Å². The van der Waals surface area contributed by atoms with Gasteiger partial charge in [0.25, 0.3) is 0 Å². The zero-order valence-corrected chi connectivity index (χ0v) is 8.99. The number of unbranched alkanes of at least 4 members (excludes halogenated alkanes) is 2. The van der Waals surface area contributed by atoms with E-state index in [4.69, 9.17) is 9.84 Å². The molecule has 0 heterocycles. The van der Waals surface area contributed by atoms with Crippen LogP contribution in [0.3, 0.4) is 0 Å². The third kappa shape index (κ3) is 4.77. The van der Waals surface area contributed by atoms with Crippen molar-refractivity contribution in [2.45, 2.75) is 25.7 Å². The molecule has 0 bridgehead atoms. The minimum atomic E-state index is -0.782. The maximum atomic E-state index is 13.1.